The van der Waals surface area contributed by atoms with E-state index in [1.807, 2.05) is 24.3 Å². The number of carbonyl (C=O) groups excluding carboxylic acids is 1. The predicted octanol–water partition coefficient (Wildman–Crippen LogP) is 1.30. The highest BCUT2D eigenvalue weighted by atomic mass is 35.5. The summed E-state index contributed by atoms with van der Waals surface area (Å²) in [4.78, 5) is 16.1. The third-order valence-electron chi connectivity index (χ3n) is 3.77. The fraction of sp³-hybridized carbons (Fsp3) is 0.400. The molecule has 2 heterocycles. The zero-order chi connectivity index (χ0) is 14.5. The van der Waals surface area contributed by atoms with Gasteiger partial charge >= 0.3 is 0 Å². The molecule has 0 spiro atoms. The molecular weight excluding hydrogens is 302 g/mol. The summed E-state index contributed by atoms with van der Waals surface area (Å²) in [6, 6.07) is 7.94. The van der Waals surface area contributed by atoms with Gasteiger partial charge in [0.2, 0.25) is 5.91 Å². The molecule has 1 aliphatic heterocycles. The van der Waals surface area contributed by atoms with E-state index in [0.717, 1.165) is 37.2 Å². The number of nitrogens with one attached hydrogen (secondary N) is 2. The lowest BCUT2D eigenvalue weighted by Gasteiger charge is -2.21. The molecule has 0 aliphatic carbocycles. The lowest BCUT2D eigenvalue weighted by atomic mass is 9.97. The first-order valence-electron chi connectivity index (χ1n) is 7.25. The Morgan fingerprint density at radius 3 is 2.91 bits per heavy atom. The quantitative estimate of drug-likeness (QED) is 0.890. The number of nitrogens with zero attached hydrogens (tertiary/aromatic N) is 3. The number of halogens is 1. The van der Waals surface area contributed by atoms with Crippen LogP contribution in [0.4, 0.5) is 0 Å². The fourth-order valence-corrected chi connectivity index (χ4v) is 2.57. The molecule has 3 rings (SSSR count). The van der Waals surface area contributed by atoms with Crippen LogP contribution in [0.3, 0.4) is 0 Å². The van der Waals surface area contributed by atoms with E-state index in [1.165, 1.54) is 6.33 Å². The first-order chi connectivity index (χ1) is 10.3. The van der Waals surface area contributed by atoms with Gasteiger partial charge in [0.25, 0.3) is 0 Å². The maximum Gasteiger partial charge on any atom is 0.223 e. The fourth-order valence-electron chi connectivity index (χ4n) is 2.57. The van der Waals surface area contributed by atoms with Crippen molar-refractivity contribution in [3.05, 3.63) is 42.5 Å². The van der Waals surface area contributed by atoms with Crippen LogP contribution in [0.2, 0.25) is 0 Å². The molecule has 1 aliphatic rings. The van der Waals surface area contributed by atoms with Crippen molar-refractivity contribution in [2.24, 2.45) is 5.92 Å². The van der Waals surface area contributed by atoms with Crippen molar-refractivity contribution in [2.45, 2.75) is 19.4 Å². The van der Waals surface area contributed by atoms with Gasteiger partial charge in [-0.05, 0) is 43.6 Å². The highest BCUT2D eigenvalue weighted by Crippen LogP contribution is 2.13. The third kappa shape index (κ3) is 4.05. The molecule has 0 saturated carbocycles. The standard InChI is InChI=1S/C15H19N5O.ClH/c21-15(13-4-6-16-7-5-13)18-9-12-2-1-3-14(8-12)20-11-17-10-19-20;/h1-3,8,10-11,13,16H,4-7,9H2,(H,18,21);1H. The molecule has 0 unspecified atom stereocenters. The van der Waals surface area contributed by atoms with Crippen LogP contribution in [0.1, 0.15) is 18.4 Å². The summed E-state index contributed by atoms with van der Waals surface area (Å²) in [6.07, 6.45) is 5.01. The van der Waals surface area contributed by atoms with E-state index in [4.69, 9.17) is 0 Å². The van der Waals surface area contributed by atoms with Gasteiger partial charge < -0.3 is 10.6 Å². The molecule has 1 fully saturated rings. The average molecular weight is 322 g/mol. The number of aromatic nitrogens is 3. The molecule has 0 atom stereocenters. The minimum absolute atomic E-state index is 0. The van der Waals surface area contributed by atoms with Crippen LogP contribution in [-0.4, -0.2) is 33.8 Å². The molecule has 0 radical (unpaired) electrons. The minimum Gasteiger partial charge on any atom is -0.352 e. The van der Waals surface area contributed by atoms with E-state index < -0.39 is 0 Å². The lowest BCUT2D eigenvalue weighted by Crippen LogP contribution is -2.37. The maximum atomic E-state index is 12.1. The van der Waals surface area contributed by atoms with Crippen molar-refractivity contribution in [3.8, 4) is 5.69 Å². The summed E-state index contributed by atoms with van der Waals surface area (Å²) in [5, 5.41) is 10.4. The topological polar surface area (TPSA) is 71.8 Å². The van der Waals surface area contributed by atoms with Gasteiger partial charge in [0.1, 0.15) is 12.7 Å². The number of piperidine rings is 1. The zero-order valence-electron chi connectivity index (χ0n) is 12.2. The number of amides is 1. The Hall–Kier alpha value is -1.92. The van der Waals surface area contributed by atoms with Gasteiger partial charge in [0.05, 0.1) is 5.69 Å². The minimum atomic E-state index is 0. The van der Waals surface area contributed by atoms with Gasteiger partial charge in [0.15, 0.2) is 0 Å². The summed E-state index contributed by atoms with van der Waals surface area (Å²) in [5.41, 5.74) is 2.01. The van der Waals surface area contributed by atoms with Gasteiger partial charge in [-0.25, -0.2) is 9.67 Å². The molecule has 1 aromatic heterocycles. The van der Waals surface area contributed by atoms with E-state index in [0.29, 0.717) is 6.54 Å². The molecule has 0 bridgehead atoms. The number of carbonyl (C=O) groups is 1. The van der Waals surface area contributed by atoms with Crippen LogP contribution in [0.25, 0.3) is 5.69 Å². The van der Waals surface area contributed by atoms with Crippen LogP contribution in [-0.2, 0) is 11.3 Å². The van der Waals surface area contributed by atoms with Crippen molar-refractivity contribution in [1.82, 2.24) is 25.4 Å². The Labute approximate surface area is 135 Å². The van der Waals surface area contributed by atoms with E-state index in [-0.39, 0.29) is 24.2 Å². The van der Waals surface area contributed by atoms with Crippen molar-refractivity contribution < 1.29 is 4.79 Å². The summed E-state index contributed by atoms with van der Waals surface area (Å²) in [5.74, 6) is 0.299. The van der Waals surface area contributed by atoms with E-state index >= 15 is 0 Å². The molecule has 2 aromatic rings. The van der Waals surface area contributed by atoms with Gasteiger partial charge in [-0.2, -0.15) is 5.10 Å². The van der Waals surface area contributed by atoms with Crippen LogP contribution in [0, 0.1) is 5.92 Å². The molecule has 1 aromatic carbocycles. The smallest absolute Gasteiger partial charge is 0.223 e. The van der Waals surface area contributed by atoms with Crippen molar-refractivity contribution >= 4 is 18.3 Å². The van der Waals surface area contributed by atoms with Crippen molar-refractivity contribution in [1.29, 1.82) is 0 Å². The summed E-state index contributed by atoms with van der Waals surface area (Å²) < 4.78 is 1.71. The molecule has 1 amide bonds. The van der Waals surface area contributed by atoms with Crippen LogP contribution >= 0.6 is 12.4 Å². The van der Waals surface area contributed by atoms with Gasteiger partial charge in [0, 0.05) is 12.5 Å². The Morgan fingerprint density at radius 2 is 2.18 bits per heavy atom. The van der Waals surface area contributed by atoms with Crippen molar-refractivity contribution in [3.63, 3.8) is 0 Å². The van der Waals surface area contributed by atoms with Gasteiger partial charge in [-0.3, -0.25) is 4.79 Å². The Morgan fingerprint density at radius 1 is 1.36 bits per heavy atom. The Kier molecular flexibility index (Phi) is 5.91. The molecule has 6 nitrogen and oxygen atoms in total. The lowest BCUT2D eigenvalue weighted by molar-refractivity contribution is -0.125. The Bertz CT molecular complexity index is 596. The number of rotatable bonds is 4. The molecule has 7 heteroatoms. The highest BCUT2D eigenvalue weighted by molar-refractivity contribution is 5.85. The van der Waals surface area contributed by atoms with Crippen molar-refractivity contribution in [2.75, 3.05) is 13.1 Å². The molecule has 22 heavy (non-hydrogen) atoms. The van der Waals surface area contributed by atoms with Crippen LogP contribution in [0.5, 0.6) is 0 Å². The highest BCUT2D eigenvalue weighted by Gasteiger charge is 2.20. The predicted molar refractivity (Wildman–Crippen MR) is 86.0 cm³/mol. The van der Waals surface area contributed by atoms with E-state index in [9.17, 15) is 4.79 Å². The maximum absolute atomic E-state index is 12.1. The van der Waals surface area contributed by atoms with Gasteiger partial charge in [-0.1, -0.05) is 12.1 Å². The zero-order valence-corrected chi connectivity index (χ0v) is 13.1. The second-order valence-corrected chi connectivity index (χ2v) is 5.25. The number of hydrogen-bond acceptors (Lipinski definition) is 4. The molecule has 2 N–H and O–H groups in total. The summed E-state index contributed by atoms with van der Waals surface area (Å²) in [7, 11) is 0. The normalized spacial score (nSPS) is 15.1. The van der Waals surface area contributed by atoms with E-state index in [1.54, 1.807) is 11.0 Å². The first kappa shape index (κ1) is 16.5. The summed E-state index contributed by atoms with van der Waals surface area (Å²) in [6.45, 7) is 2.41. The second-order valence-electron chi connectivity index (χ2n) is 5.25. The first-order valence-corrected chi connectivity index (χ1v) is 7.25. The monoisotopic (exact) mass is 321 g/mol. The third-order valence-corrected chi connectivity index (χ3v) is 3.77. The average Bonchev–Trinajstić information content (AvgIpc) is 3.08. The summed E-state index contributed by atoms with van der Waals surface area (Å²) >= 11 is 0. The largest absolute Gasteiger partial charge is 0.352 e. The van der Waals surface area contributed by atoms with Gasteiger partial charge in [-0.15, -0.1) is 12.4 Å². The Balaban J connectivity index is 0.00000176. The SMILES string of the molecule is Cl.O=C(NCc1cccc(-n2cncn2)c1)C1CCNCC1. The molecule has 1 saturated heterocycles. The number of hydrogen-bond donors (Lipinski definition) is 2. The van der Waals surface area contributed by atoms with Crippen LogP contribution < -0.4 is 10.6 Å². The number of benzene rings is 1. The van der Waals surface area contributed by atoms with Crippen LogP contribution in [0.15, 0.2) is 36.9 Å². The molecule has 118 valence electrons. The second kappa shape index (κ2) is 7.91. The van der Waals surface area contributed by atoms with E-state index in [2.05, 4.69) is 20.7 Å². The molecular formula is C15H20ClN5O.